The van der Waals surface area contributed by atoms with Gasteiger partial charge in [-0.25, -0.2) is 4.98 Å². The second kappa shape index (κ2) is 13.0. The van der Waals surface area contributed by atoms with Gasteiger partial charge in [-0.2, -0.15) is 0 Å². The molecule has 0 radical (unpaired) electrons. The van der Waals surface area contributed by atoms with Gasteiger partial charge in [0, 0.05) is 24.7 Å². The first-order valence-corrected chi connectivity index (χ1v) is 10.2. The van der Waals surface area contributed by atoms with Gasteiger partial charge in [-0.05, 0) is 12.3 Å². The molecular weight excluding hydrogens is 422 g/mol. The van der Waals surface area contributed by atoms with Crippen molar-refractivity contribution in [2.24, 2.45) is 17.4 Å². The Kier molecular flexibility index (Phi) is 10.8. The molecule has 0 aromatic carbocycles. The van der Waals surface area contributed by atoms with E-state index in [-0.39, 0.29) is 25.2 Å². The third-order valence-corrected chi connectivity index (χ3v) is 4.85. The number of hydrogen-bond acceptors (Lipinski definition) is 7. The van der Waals surface area contributed by atoms with Crippen LogP contribution in [-0.4, -0.2) is 69.3 Å². The number of nitrogens with one attached hydrogen (secondary N) is 4. The lowest BCUT2D eigenvalue weighted by Crippen LogP contribution is -2.57. The Labute approximate surface area is 185 Å². The summed E-state index contributed by atoms with van der Waals surface area (Å²) in [6.45, 7) is 2.91. The number of carbonyl (C=O) groups is 5. The van der Waals surface area contributed by atoms with E-state index in [4.69, 9.17) is 16.6 Å². The van der Waals surface area contributed by atoms with Crippen LogP contribution in [0.5, 0.6) is 0 Å². The Hall–Kier alpha value is -3.48. The Morgan fingerprint density at radius 1 is 1.16 bits per heavy atom. The minimum absolute atomic E-state index is 0.104. The molecule has 1 aromatic heterocycles. The smallest absolute Gasteiger partial charge is 0.322 e. The molecule has 0 aliphatic carbocycles. The van der Waals surface area contributed by atoms with Crippen LogP contribution in [0.2, 0.25) is 0 Å². The first-order valence-electron chi connectivity index (χ1n) is 10.2. The first-order chi connectivity index (χ1) is 15.0. The minimum atomic E-state index is -1.23. The zero-order valence-corrected chi connectivity index (χ0v) is 18.1. The molecule has 0 saturated heterocycles. The number of aromatic nitrogens is 2. The lowest BCUT2D eigenvalue weighted by molar-refractivity contribution is -0.139. The molecule has 32 heavy (non-hydrogen) atoms. The van der Waals surface area contributed by atoms with Crippen molar-refractivity contribution >= 4 is 29.6 Å². The van der Waals surface area contributed by atoms with Gasteiger partial charge in [-0.15, -0.1) is 0 Å². The number of aromatic amines is 1. The fourth-order valence-electron chi connectivity index (χ4n) is 2.79. The van der Waals surface area contributed by atoms with Gasteiger partial charge in [0.05, 0.1) is 12.4 Å². The third-order valence-electron chi connectivity index (χ3n) is 4.85. The van der Waals surface area contributed by atoms with Crippen LogP contribution in [0.15, 0.2) is 12.5 Å². The molecule has 4 unspecified atom stereocenters. The maximum Gasteiger partial charge on any atom is 0.322 e. The molecule has 0 fully saturated rings. The highest BCUT2D eigenvalue weighted by Crippen LogP contribution is 2.10. The van der Waals surface area contributed by atoms with Crippen molar-refractivity contribution in [1.82, 2.24) is 25.9 Å². The number of rotatable bonds is 14. The van der Waals surface area contributed by atoms with Gasteiger partial charge in [0.25, 0.3) is 0 Å². The first kappa shape index (κ1) is 26.6. The summed E-state index contributed by atoms with van der Waals surface area (Å²) >= 11 is 0. The predicted octanol–water partition coefficient (Wildman–Crippen LogP) is -2.24. The van der Waals surface area contributed by atoms with Crippen LogP contribution >= 0.6 is 0 Å². The van der Waals surface area contributed by atoms with Crippen molar-refractivity contribution in [1.29, 1.82) is 0 Å². The van der Waals surface area contributed by atoms with Crippen LogP contribution in [0.25, 0.3) is 0 Å². The van der Waals surface area contributed by atoms with E-state index in [1.807, 2.05) is 0 Å². The Bertz CT molecular complexity index is 798. The molecule has 1 aromatic rings. The predicted molar refractivity (Wildman–Crippen MR) is 113 cm³/mol. The molecule has 0 bridgehead atoms. The summed E-state index contributed by atoms with van der Waals surface area (Å²) in [5.41, 5.74) is 11.7. The summed E-state index contributed by atoms with van der Waals surface area (Å²) in [4.78, 5) is 66.4. The molecule has 9 N–H and O–H groups in total. The van der Waals surface area contributed by atoms with Crippen LogP contribution in [0.3, 0.4) is 0 Å². The Morgan fingerprint density at radius 3 is 2.38 bits per heavy atom. The zero-order chi connectivity index (χ0) is 24.3. The van der Waals surface area contributed by atoms with E-state index in [1.54, 1.807) is 13.8 Å². The van der Waals surface area contributed by atoms with Gasteiger partial charge >= 0.3 is 5.97 Å². The summed E-state index contributed by atoms with van der Waals surface area (Å²) in [7, 11) is 0. The largest absolute Gasteiger partial charge is 0.480 e. The summed E-state index contributed by atoms with van der Waals surface area (Å²) < 4.78 is 0. The molecule has 0 aliphatic heterocycles. The maximum absolute atomic E-state index is 12.9. The number of carboxylic acids is 1. The number of hydrogen-bond donors (Lipinski definition) is 7. The quantitative estimate of drug-likeness (QED) is 0.163. The standard InChI is InChI=1S/C19H31N7O6/c1-3-10(2)16(19(32)23-8-15(28)29)26-18(31)13(4-5-14(21)27)25-17(30)12(20)6-11-7-22-9-24-11/h7,9-10,12-13,16H,3-6,8,20H2,1-2H3,(H2,21,27)(H,22,24)(H,23,32)(H,25,30)(H,26,31)(H,28,29). The van der Waals surface area contributed by atoms with Gasteiger partial charge in [-0.1, -0.05) is 20.3 Å². The molecule has 0 spiro atoms. The third kappa shape index (κ3) is 9.12. The van der Waals surface area contributed by atoms with E-state index in [0.29, 0.717) is 12.1 Å². The summed E-state index contributed by atoms with van der Waals surface area (Å²) in [5.74, 6) is -4.26. The van der Waals surface area contributed by atoms with Gasteiger partial charge < -0.3 is 37.5 Å². The molecule has 13 nitrogen and oxygen atoms in total. The second-order valence-electron chi connectivity index (χ2n) is 7.44. The number of carbonyl (C=O) groups excluding carboxylic acids is 4. The van der Waals surface area contributed by atoms with Gasteiger partial charge in [0.15, 0.2) is 0 Å². The van der Waals surface area contributed by atoms with Gasteiger partial charge in [-0.3, -0.25) is 24.0 Å². The van der Waals surface area contributed by atoms with Crippen molar-refractivity contribution < 1.29 is 29.1 Å². The van der Waals surface area contributed by atoms with Crippen molar-refractivity contribution in [3.63, 3.8) is 0 Å². The lowest BCUT2D eigenvalue weighted by Gasteiger charge is -2.26. The normalized spacial score (nSPS) is 14.5. The number of carboxylic acid groups (broad SMARTS) is 1. The molecule has 1 rings (SSSR count). The zero-order valence-electron chi connectivity index (χ0n) is 18.1. The number of amides is 4. The summed E-state index contributed by atoms with van der Waals surface area (Å²) in [6.07, 6.45) is 3.31. The molecular formula is C19H31N7O6. The number of nitrogens with zero attached hydrogens (tertiary/aromatic N) is 1. The highest BCUT2D eigenvalue weighted by atomic mass is 16.4. The topological polar surface area (TPSA) is 222 Å². The molecule has 13 heteroatoms. The molecule has 1 heterocycles. The maximum atomic E-state index is 12.9. The molecule has 4 atom stereocenters. The lowest BCUT2D eigenvalue weighted by atomic mass is 9.97. The SMILES string of the molecule is CCC(C)C(NC(=O)C(CCC(N)=O)NC(=O)C(N)Cc1cnc[nH]1)C(=O)NCC(=O)O. The van der Waals surface area contributed by atoms with E-state index in [0.717, 1.165) is 0 Å². The fraction of sp³-hybridized carbons (Fsp3) is 0.579. The van der Waals surface area contributed by atoms with Crippen molar-refractivity contribution in [2.45, 2.75) is 57.7 Å². The highest BCUT2D eigenvalue weighted by molar-refractivity contribution is 5.94. The number of primary amides is 1. The van der Waals surface area contributed by atoms with E-state index >= 15 is 0 Å². The average molecular weight is 454 g/mol. The second-order valence-corrected chi connectivity index (χ2v) is 7.44. The summed E-state index contributed by atoms with van der Waals surface area (Å²) in [5, 5.41) is 16.0. The van der Waals surface area contributed by atoms with Crippen LogP contribution < -0.4 is 27.4 Å². The van der Waals surface area contributed by atoms with Crippen LogP contribution in [0.4, 0.5) is 0 Å². The highest BCUT2D eigenvalue weighted by Gasteiger charge is 2.31. The molecule has 4 amide bonds. The monoisotopic (exact) mass is 453 g/mol. The average Bonchev–Trinajstić information content (AvgIpc) is 3.24. The fourth-order valence-corrected chi connectivity index (χ4v) is 2.79. The van der Waals surface area contributed by atoms with Crippen molar-refractivity contribution in [2.75, 3.05) is 6.54 Å². The van der Waals surface area contributed by atoms with Gasteiger partial charge in [0.2, 0.25) is 23.6 Å². The van der Waals surface area contributed by atoms with Gasteiger partial charge in [0.1, 0.15) is 18.6 Å². The van der Waals surface area contributed by atoms with E-state index < -0.39 is 54.3 Å². The van der Waals surface area contributed by atoms with Crippen molar-refractivity contribution in [3.8, 4) is 0 Å². The number of nitrogens with two attached hydrogens (primary N) is 2. The van der Waals surface area contributed by atoms with E-state index in [1.165, 1.54) is 12.5 Å². The molecule has 0 saturated carbocycles. The van der Waals surface area contributed by atoms with E-state index in [2.05, 4.69) is 25.9 Å². The van der Waals surface area contributed by atoms with Crippen LogP contribution in [0, 0.1) is 5.92 Å². The summed E-state index contributed by atoms with van der Waals surface area (Å²) in [6, 6.07) is -3.22. The number of aliphatic carboxylic acids is 1. The Balaban J connectivity index is 2.90. The molecule has 0 aliphatic rings. The van der Waals surface area contributed by atoms with E-state index in [9.17, 15) is 24.0 Å². The number of imidazole rings is 1. The van der Waals surface area contributed by atoms with Crippen LogP contribution in [-0.2, 0) is 30.4 Å². The Morgan fingerprint density at radius 2 is 1.84 bits per heavy atom. The van der Waals surface area contributed by atoms with Crippen LogP contribution in [0.1, 0.15) is 38.8 Å². The van der Waals surface area contributed by atoms with Crippen molar-refractivity contribution in [3.05, 3.63) is 18.2 Å². The molecule has 178 valence electrons. The minimum Gasteiger partial charge on any atom is -0.480 e. The number of H-pyrrole nitrogens is 1.